The van der Waals surface area contributed by atoms with Crippen molar-refractivity contribution in [3.05, 3.63) is 11.7 Å². The maximum absolute atomic E-state index is 5.27. The number of hydrogen-bond donors (Lipinski definition) is 1. The summed E-state index contributed by atoms with van der Waals surface area (Å²) in [4.78, 5) is 4.49. The van der Waals surface area contributed by atoms with Crippen molar-refractivity contribution in [3.63, 3.8) is 0 Å². The van der Waals surface area contributed by atoms with Gasteiger partial charge in [0.1, 0.15) is 0 Å². The molecule has 1 heterocycles. The molecule has 0 aliphatic heterocycles. The largest absolute Gasteiger partial charge is 0.338 e. The minimum Gasteiger partial charge on any atom is -0.338 e. The second-order valence-electron chi connectivity index (χ2n) is 5.01. The average Bonchev–Trinajstić information content (AvgIpc) is 2.97. The summed E-state index contributed by atoms with van der Waals surface area (Å²) in [5, 5.41) is 7.40. The molecule has 1 aromatic rings. The molecule has 1 fully saturated rings. The lowest BCUT2D eigenvalue weighted by Gasteiger charge is -2.04. The van der Waals surface area contributed by atoms with E-state index in [0.717, 1.165) is 30.6 Å². The Labute approximate surface area is 103 Å². The number of aromatic nitrogens is 2. The second-order valence-corrected chi connectivity index (χ2v) is 5.01. The highest BCUT2D eigenvalue weighted by atomic mass is 16.5. The molecule has 4 nitrogen and oxygen atoms in total. The Morgan fingerprint density at radius 1 is 1.35 bits per heavy atom. The molecule has 2 rings (SSSR count). The van der Waals surface area contributed by atoms with Crippen molar-refractivity contribution in [1.29, 1.82) is 0 Å². The van der Waals surface area contributed by atoms with E-state index < -0.39 is 0 Å². The summed E-state index contributed by atoms with van der Waals surface area (Å²) >= 11 is 0. The molecule has 0 saturated heterocycles. The van der Waals surface area contributed by atoms with Crippen LogP contribution in [0.25, 0.3) is 0 Å². The average molecular weight is 237 g/mol. The van der Waals surface area contributed by atoms with Crippen LogP contribution in [0.1, 0.15) is 63.6 Å². The maximum Gasteiger partial charge on any atom is 0.240 e. The first kappa shape index (κ1) is 12.6. The Morgan fingerprint density at radius 3 is 2.94 bits per heavy atom. The van der Waals surface area contributed by atoms with Gasteiger partial charge in [-0.15, -0.1) is 0 Å². The molecule has 1 aromatic heterocycles. The summed E-state index contributed by atoms with van der Waals surface area (Å²) in [6.07, 6.45) is 6.18. The number of rotatable bonds is 6. The van der Waals surface area contributed by atoms with Gasteiger partial charge in [0.25, 0.3) is 0 Å². The summed E-state index contributed by atoms with van der Waals surface area (Å²) in [6.45, 7) is 6.11. The van der Waals surface area contributed by atoms with Gasteiger partial charge in [-0.05, 0) is 38.1 Å². The lowest BCUT2D eigenvalue weighted by Crippen LogP contribution is -2.14. The summed E-state index contributed by atoms with van der Waals surface area (Å²) in [6, 6.07) is 0. The first-order valence-electron chi connectivity index (χ1n) is 6.86. The van der Waals surface area contributed by atoms with Crippen LogP contribution < -0.4 is 5.32 Å². The van der Waals surface area contributed by atoms with Gasteiger partial charge in [-0.25, -0.2) is 0 Å². The molecule has 17 heavy (non-hydrogen) atoms. The fraction of sp³-hybridized carbons (Fsp3) is 0.846. The van der Waals surface area contributed by atoms with Gasteiger partial charge in [0.2, 0.25) is 5.89 Å². The molecular weight excluding hydrogens is 214 g/mol. The van der Waals surface area contributed by atoms with Crippen molar-refractivity contribution in [2.45, 2.75) is 58.4 Å². The summed E-state index contributed by atoms with van der Waals surface area (Å²) in [7, 11) is 0. The number of nitrogens with zero attached hydrogens (tertiary/aromatic N) is 2. The van der Waals surface area contributed by atoms with E-state index >= 15 is 0 Å². The molecule has 2 atom stereocenters. The van der Waals surface area contributed by atoms with E-state index in [1.165, 1.54) is 25.7 Å². The first-order chi connectivity index (χ1) is 8.33. The van der Waals surface area contributed by atoms with Crippen molar-refractivity contribution in [3.8, 4) is 0 Å². The van der Waals surface area contributed by atoms with Crippen molar-refractivity contribution in [1.82, 2.24) is 15.5 Å². The third-order valence-corrected chi connectivity index (χ3v) is 3.67. The third-order valence-electron chi connectivity index (χ3n) is 3.67. The lowest BCUT2D eigenvalue weighted by atomic mass is 10.0. The van der Waals surface area contributed by atoms with Gasteiger partial charge in [-0.3, -0.25) is 0 Å². The van der Waals surface area contributed by atoms with E-state index in [0.29, 0.717) is 12.5 Å². The smallest absolute Gasteiger partial charge is 0.240 e. The fourth-order valence-electron chi connectivity index (χ4n) is 2.56. The van der Waals surface area contributed by atoms with Gasteiger partial charge in [-0.1, -0.05) is 25.4 Å². The zero-order valence-electron chi connectivity index (χ0n) is 10.9. The monoisotopic (exact) mass is 237 g/mol. The standard InChI is InChI=1S/C13H23N3O/c1-3-7-14-9-12-15-13(16-17-12)11-6-5-10(4-2)8-11/h10-11,14H,3-9H2,1-2H3. The van der Waals surface area contributed by atoms with Gasteiger partial charge in [0.15, 0.2) is 5.82 Å². The van der Waals surface area contributed by atoms with E-state index in [9.17, 15) is 0 Å². The normalized spacial score (nSPS) is 24.4. The number of hydrogen-bond acceptors (Lipinski definition) is 4. The minimum absolute atomic E-state index is 0.531. The van der Waals surface area contributed by atoms with E-state index in [1.54, 1.807) is 0 Å². The van der Waals surface area contributed by atoms with Crippen molar-refractivity contribution in [2.75, 3.05) is 6.54 Å². The molecule has 0 bridgehead atoms. The van der Waals surface area contributed by atoms with Gasteiger partial charge < -0.3 is 9.84 Å². The van der Waals surface area contributed by atoms with Crippen LogP contribution in [0.5, 0.6) is 0 Å². The predicted octanol–water partition coefficient (Wildman–Crippen LogP) is 2.86. The van der Waals surface area contributed by atoms with Crippen molar-refractivity contribution >= 4 is 0 Å². The first-order valence-corrected chi connectivity index (χ1v) is 6.86. The zero-order chi connectivity index (χ0) is 12.1. The molecule has 0 amide bonds. The molecule has 96 valence electrons. The topological polar surface area (TPSA) is 51.0 Å². The molecule has 1 aliphatic rings. The van der Waals surface area contributed by atoms with Crippen LogP contribution in [0.15, 0.2) is 4.52 Å². The maximum atomic E-state index is 5.27. The predicted molar refractivity (Wildman–Crippen MR) is 66.7 cm³/mol. The van der Waals surface area contributed by atoms with Crippen molar-refractivity contribution in [2.24, 2.45) is 5.92 Å². The summed E-state index contributed by atoms with van der Waals surface area (Å²) in [5.74, 6) is 3.05. The van der Waals surface area contributed by atoms with Crippen LogP contribution in [-0.4, -0.2) is 16.7 Å². The lowest BCUT2D eigenvalue weighted by molar-refractivity contribution is 0.359. The highest BCUT2D eigenvalue weighted by Crippen LogP contribution is 2.38. The van der Waals surface area contributed by atoms with Crippen LogP contribution in [-0.2, 0) is 6.54 Å². The quantitative estimate of drug-likeness (QED) is 0.773. The Balaban J connectivity index is 1.85. The van der Waals surface area contributed by atoms with E-state index in [2.05, 4.69) is 29.3 Å². The molecule has 4 heteroatoms. The van der Waals surface area contributed by atoms with Crippen LogP contribution in [0.4, 0.5) is 0 Å². The van der Waals surface area contributed by atoms with E-state index in [-0.39, 0.29) is 0 Å². The van der Waals surface area contributed by atoms with Gasteiger partial charge >= 0.3 is 0 Å². The third kappa shape index (κ3) is 3.28. The Morgan fingerprint density at radius 2 is 2.24 bits per heavy atom. The van der Waals surface area contributed by atoms with E-state index in [4.69, 9.17) is 4.52 Å². The molecular formula is C13H23N3O. The van der Waals surface area contributed by atoms with Gasteiger partial charge in [0.05, 0.1) is 6.54 Å². The molecule has 0 radical (unpaired) electrons. The van der Waals surface area contributed by atoms with E-state index in [1.807, 2.05) is 0 Å². The SMILES string of the molecule is CCCNCc1nc(C2CCC(CC)C2)no1. The van der Waals surface area contributed by atoms with Gasteiger partial charge in [-0.2, -0.15) is 4.98 Å². The molecule has 0 aromatic carbocycles. The molecule has 1 saturated carbocycles. The molecule has 1 N–H and O–H groups in total. The Hall–Kier alpha value is -0.900. The zero-order valence-corrected chi connectivity index (χ0v) is 10.9. The highest BCUT2D eigenvalue weighted by molar-refractivity contribution is 4.99. The van der Waals surface area contributed by atoms with Gasteiger partial charge in [0, 0.05) is 5.92 Å². The summed E-state index contributed by atoms with van der Waals surface area (Å²) < 4.78 is 5.27. The van der Waals surface area contributed by atoms with Crippen LogP contribution in [0.3, 0.4) is 0 Å². The molecule has 2 unspecified atom stereocenters. The fourth-order valence-corrected chi connectivity index (χ4v) is 2.56. The van der Waals surface area contributed by atoms with Crippen molar-refractivity contribution < 1.29 is 4.52 Å². The molecule has 1 aliphatic carbocycles. The van der Waals surface area contributed by atoms with Crippen LogP contribution >= 0.6 is 0 Å². The number of nitrogens with one attached hydrogen (secondary N) is 1. The highest BCUT2D eigenvalue weighted by Gasteiger charge is 2.28. The Kier molecular flexibility index (Phi) is 4.54. The Bertz CT molecular complexity index is 337. The van der Waals surface area contributed by atoms with Crippen LogP contribution in [0, 0.1) is 5.92 Å². The summed E-state index contributed by atoms with van der Waals surface area (Å²) in [5.41, 5.74) is 0. The van der Waals surface area contributed by atoms with Crippen LogP contribution in [0.2, 0.25) is 0 Å². The second kappa shape index (κ2) is 6.15. The minimum atomic E-state index is 0.531. The molecule has 0 spiro atoms.